The van der Waals surface area contributed by atoms with Crippen molar-refractivity contribution < 1.29 is 9.32 Å². The molecule has 1 atom stereocenters. The quantitative estimate of drug-likeness (QED) is 0.202. The Labute approximate surface area is 171 Å². The fraction of sp³-hybridized carbons (Fsp3) is 0.944. The van der Waals surface area contributed by atoms with E-state index in [1.54, 1.807) is 0 Å². The van der Waals surface area contributed by atoms with E-state index >= 15 is 0 Å². The molecule has 0 saturated heterocycles. The van der Waals surface area contributed by atoms with Gasteiger partial charge >= 0.3 is 43.7 Å². The van der Waals surface area contributed by atoms with E-state index in [-0.39, 0.29) is 43.7 Å². The van der Waals surface area contributed by atoms with E-state index in [1.807, 2.05) is 9.47 Å². The van der Waals surface area contributed by atoms with Crippen LogP contribution in [0.4, 0.5) is 0 Å². The molecule has 0 amide bonds. The van der Waals surface area contributed by atoms with Crippen LogP contribution in [0.2, 0.25) is 0 Å². The molecule has 22 heavy (non-hydrogen) atoms. The minimum absolute atomic E-state index is 0. The molecule has 0 aliphatic carbocycles. The summed E-state index contributed by atoms with van der Waals surface area (Å²) in [6.07, 6.45) is 20.9. The third kappa shape index (κ3) is 21.2. The maximum atomic E-state index is 10.9. The van der Waals surface area contributed by atoms with Gasteiger partial charge in [-0.05, 0) is 6.42 Å². The second-order valence-corrected chi connectivity index (χ2v) is 6.43. The van der Waals surface area contributed by atoms with Crippen molar-refractivity contribution in [1.82, 2.24) is 0 Å². The average Bonchev–Trinajstić information content (AvgIpc) is 2.50. The summed E-state index contributed by atoms with van der Waals surface area (Å²) < 4.78 is 4.55. The van der Waals surface area contributed by atoms with Gasteiger partial charge in [-0.2, -0.15) is 0 Å². The molecular formula is C18H39CaO2P. The van der Waals surface area contributed by atoms with Gasteiger partial charge in [-0.15, -0.1) is 0 Å². The predicted molar refractivity (Wildman–Crippen MR) is 104 cm³/mol. The molecule has 130 valence electrons. The fourth-order valence-corrected chi connectivity index (χ4v) is 2.82. The monoisotopic (exact) mass is 358 g/mol. The van der Waals surface area contributed by atoms with Gasteiger partial charge in [0.1, 0.15) is 0 Å². The molecule has 0 saturated carbocycles. The molecule has 0 rings (SSSR count). The summed E-state index contributed by atoms with van der Waals surface area (Å²) >= 11 is 0. The summed E-state index contributed by atoms with van der Waals surface area (Å²) in [4.78, 5) is 10.9. The zero-order valence-electron chi connectivity index (χ0n) is 14.2. The first kappa shape index (κ1) is 25.4. The topological polar surface area (TPSA) is 26.3 Å². The van der Waals surface area contributed by atoms with E-state index < -0.39 is 0 Å². The van der Waals surface area contributed by atoms with E-state index in [1.165, 1.54) is 83.5 Å². The molecule has 0 N–H and O–H groups in total. The van der Waals surface area contributed by atoms with Crippen LogP contribution in [0.3, 0.4) is 0 Å². The Hall–Kier alpha value is 1.16. The van der Waals surface area contributed by atoms with Gasteiger partial charge in [0.2, 0.25) is 0 Å². The first-order chi connectivity index (χ1) is 10.3. The van der Waals surface area contributed by atoms with Crippen molar-refractivity contribution in [1.29, 1.82) is 0 Å². The summed E-state index contributed by atoms with van der Waals surface area (Å²) in [6.45, 7) is 2.28. The molecule has 0 aromatic carbocycles. The zero-order valence-corrected chi connectivity index (χ0v) is 15.4. The van der Waals surface area contributed by atoms with Crippen LogP contribution in [-0.2, 0) is 9.32 Å². The van der Waals surface area contributed by atoms with Crippen molar-refractivity contribution in [3.05, 3.63) is 0 Å². The molecule has 1 unspecified atom stereocenters. The van der Waals surface area contributed by atoms with E-state index in [9.17, 15) is 4.79 Å². The van der Waals surface area contributed by atoms with Gasteiger partial charge in [-0.3, -0.25) is 4.79 Å². The van der Waals surface area contributed by atoms with Crippen molar-refractivity contribution >= 4 is 53.2 Å². The van der Waals surface area contributed by atoms with Crippen LogP contribution in [0.15, 0.2) is 0 Å². The molecule has 0 aliphatic rings. The molecule has 0 fully saturated rings. The minimum atomic E-state index is -0.102. The van der Waals surface area contributed by atoms with Crippen LogP contribution < -0.4 is 0 Å². The van der Waals surface area contributed by atoms with Crippen LogP contribution >= 0.6 is 9.47 Å². The standard InChI is InChI=1S/C18H37O2P.Ca.2H/c1-2-3-4-5-6-7-8-9-10-11-12-13-14-15-16-17-18(19)20-21;;;/h2-17,21H2,1H3;;;. The Balaban J connectivity index is 0. The van der Waals surface area contributed by atoms with Crippen LogP contribution in [0.5, 0.6) is 0 Å². The first-order valence-electron chi connectivity index (χ1n) is 9.20. The number of unbranched alkanes of at least 4 members (excludes halogenated alkanes) is 14. The SMILES string of the molecule is CCCCCCCCCCCCCCCCCC(=O)OP.[CaH2]. The van der Waals surface area contributed by atoms with Gasteiger partial charge in [0.25, 0.3) is 0 Å². The molecule has 0 heterocycles. The van der Waals surface area contributed by atoms with Gasteiger partial charge in [0.05, 0.1) is 9.47 Å². The second kappa shape index (κ2) is 22.2. The molecule has 0 aromatic rings. The van der Waals surface area contributed by atoms with Crippen LogP contribution in [-0.4, -0.2) is 43.7 Å². The Bertz CT molecular complexity index is 225. The van der Waals surface area contributed by atoms with E-state index in [0.717, 1.165) is 12.8 Å². The number of hydrogen-bond acceptors (Lipinski definition) is 2. The Morgan fingerprint density at radius 1 is 0.682 bits per heavy atom. The second-order valence-electron chi connectivity index (χ2n) is 6.19. The van der Waals surface area contributed by atoms with Crippen LogP contribution in [0, 0.1) is 0 Å². The summed E-state index contributed by atoms with van der Waals surface area (Å²) in [5.41, 5.74) is 0. The molecular weight excluding hydrogens is 319 g/mol. The molecule has 4 heteroatoms. The van der Waals surface area contributed by atoms with Gasteiger partial charge < -0.3 is 4.52 Å². The summed E-state index contributed by atoms with van der Waals surface area (Å²) in [6, 6.07) is 0. The van der Waals surface area contributed by atoms with Crippen molar-refractivity contribution in [2.75, 3.05) is 0 Å². The number of rotatable bonds is 16. The molecule has 2 nitrogen and oxygen atoms in total. The van der Waals surface area contributed by atoms with E-state index in [4.69, 9.17) is 0 Å². The molecule has 0 radical (unpaired) electrons. The predicted octanol–water partition coefficient (Wildman–Crippen LogP) is 5.67. The zero-order chi connectivity index (χ0) is 15.6. The summed E-state index contributed by atoms with van der Waals surface area (Å²) in [5, 5.41) is 0. The normalized spacial score (nSPS) is 10.3. The van der Waals surface area contributed by atoms with E-state index in [2.05, 4.69) is 11.4 Å². The van der Waals surface area contributed by atoms with Gasteiger partial charge in [0.15, 0.2) is 0 Å². The fourth-order valence-electron chi connectivity index (χ4n) is 2.70. The Kier molecular flexibility index (Phi) is 25.6. The average molecular weight is 359 g/mol. The Morgan fingerprint density at radius 2 is 1.00 bits per heavy atom. The van der Waals surface area contributed by atoms with Crippen LogP contribution in [0.1, 0.15) is 110 Å². The van der Waals surface area contributed by atoms with Crippen molar-refractivity contribution in [2.24, 2.45) is 0 Å². The third-order valence-electron chi connectivity index (χ3n) is 4.12. The first-order valence-corrected chi connectivity index (χ1v) is 9.68. The van der Waals surface area contributed by atoms with Gasteiger partial charge in [0, 0.05) is 6.42 Å². The van der Waals surface area contributed by atoms with Crippen molar-refractivity contribution in [3.8, 4) is 0 Å². The molecule has 0 spiro atoms. The van der Waals surface area contributed by atoms with Crippen molar-refractivity contribution in [2.45, 2.75) is 110 Å². The number of carbonyl (C=O) groups is 1. The summed E-state index contributed by atoms with van der Waals surface area (Å²) in [5.74, 6) is -0.102. The molecule has 0 bridgehead atoms. The van der Waals surface area contributed by atoms with Gasteiger partial charge in [-0.1, -0.05) is 96.8 Å². The van der Waals surface area contributed by atoms with Crippen molar-refractivity contribution in [3.63, 3.8) is 0 Å². The third-order valence-corrected chi connectivity index (χ3v) is 4.38. The number of carbonyl (C=O) groups excluding carboxylic acids is 1. The number of hydrogen-bond donors (Lipinski definition) is 0. The Morgan fingerprint density at radius 3 is 1.32 bits per heavy atom. The van der Waals surface area contributed by atoms with Gasteiger partial charge in [-0.25, -0.2) is 0 Å². The maximum absolute atomic E-state index is 10.9. The van der Waals surface area contributed by atoms with Crippen LogP contribution in [0.25, 0.3) is 0 Å². The molecule has 0 aromatic heterocycles. The summed E-state index contributed by atoms with van der Waals surface area (Å²) in [7, 11) is 2.02. The van der Waals surface area contributed by atoms with E-state index in [0.29, 0.717) is 6.42 Å². The molecule has 0 aliphatic heterocycles.